The lowest BCUT2D eigenvalue weighted by atomic mass is 9.89. The van der Waals surface area contributed by atoms with Gasteiger partial charge in [0.05, 0.1) is 22.0 Å². The Labute approximate surface area is 174 Å². The Hall–Kier alpha value is -2.07. The summed E-state index contributed by atoms with van der Waals surface area (Å²) >= 11 is 13.0. The van der Waals surface area contributed by atoms with Crippen LogP contribution in [0, 0.1) is 5.92 Å². The topological polar surface area (TPSA) is 40.5 Å². The molecule has 0 amide bonds. The monoisotopic (exact) mass is 413 g/mol. The summed E-state index contributed by atoms with van der Waals surface area (Å²) in [7, 11) is 0. The third-order valence-corrected chi connectivity index (χ3v) is 6.47. The minimum absolute atomic E-state index is 0.0768. The van der Waals surface area contributed by atoms with Gasteiger partial charge in [-0.1, -0.05) is 77.8 Å². The van der Waals surface area contributed by atoms with E-state index in [0.717, 1.165) is 11.1 Å². The van der Waals surface area contributed by atoms with Crippen molar-refractivity contribution in [1.82, 2.24) is 4.90 Å². The Morgan fingerprint density at radius 3 is 2.32 bits per heavy atom. The number of aliphatic carboxylic acids is 1. The summed E-state index contributed by atoms with van der Waals surface area (Å²) < 4.78 is 0. The minimum Gasteiger partial charge on any atom is -0.481 e. The first-order chi connectivity index (χ1) is 13.6. The van der Waals surface area contributed by atoms with Crippen LogP contribution in [0.4, 0.5) is 0 Å². The predicted molar refractivity (Wildman–Crippen MR) is 114 cm³/mol. The zero-order chi connectivity index (χ0) is 19.7. The maximum absolute atomic E-state index is 11.4. The molecule has 3 aromatic rings. The lowest BCUT2D eigenvalue weighted by Crippen LogP contribution is -2.39. The lowest BCUT2D eigenvalue weighted by Gasteiger charge is -2.38. The van der Waals surface area contributed by atoms with Crippen molar-refractivity contribution in [2.24, 2.45) is 5.92 Å². The molecule has 4 rings (SSSR count). The fourth-order valence-corrected chi connectivity index (χ4v) is 4.60. The summed E-state index contributed by atoms with van der Waals surface area (Å²) in [6, 6.07) is 20.3. The van der Waals surface area contributed by atoms with Gasteiger partial charge in [0.1, 0.15) is 0 Å². The Kier molecular flexibility index (Phi) is 5.58. The van der Waals surface area contributed by atoms with Crippen LogP contribution in [0.25, 0.3) is 10.8 Å². The average molecular weight is 414 g/mol. The third kappa shape index (κ3) is 3.62. The Bertz CT molecular complexity index is 1010. The normalized spacial score (nSPS) is 16.9. The molecule has 1 atom stereocenters. The van der Waals surface area contributed by atoms with Gasteiger partial charge < -0.3 is 5.11 Å². The molecule has 3 aromatic carbocycles. The Morgan fingerprint density at radius 2 is 1.57 bits per heavy atom. The molecular formula is C23H21Cl2NO2. The highest BCUT2D eigenvalue weighted by Crippen LogP contribution is 2.40. The molecule has 0 aliphatic carbocycles. The Morgan fingerprint density at radius 1 is 0.929 bits per heavy atom. The SMILES string of the molecule is O=C(O)C1CCN(C(c2cccc(Cl)c2Cl)c2cccc3ccccc23)CC1. The van der Waals surface area contributed by atoms with Crippen molar-refractivity contribution in [3.05, 3.63) is 81.8 Å². The zero-order valence-corrected chi connectivity index (χ0v) is 16.8. The van der Waals surface area contributed by atoms with Crippen molar-refractivity contribution in [2.75, 3.05) is 13.1 Å². The number of carboxylic acid groups (broad SMARTS) is 1. The lowest BCUT2D eigenvalue weighted by molar-refractivity contribution is -0.143. The van der Waals surface area contributed by atoms with E-state index in [-0.39, 0.29) is 12.0 Å². The van der Waals surface area contributed by atoms with Gasteiger partial charge in [-0.25, -0.2) is 0 Å². The summed E-state index contributed by atoms with van der Waals surface area (Å²) in [5, 5.41) is 12.8. The van der Waals surface area contributed by atoms with Crippen molar-refractivity contribution in [2.45, 2.75) is 18.9 Å². The van der Waals surface area contributed by atoms with E-state index in [9.17, 15) is 9.90 Å². The van der Waals surface area contributed by atoms with E-state index in [4.69, 9.17) is 23.2 Å². The molecule has 3 nitrogen and oxygen atoms in total. The van der Waals surface area contributed by atoms with E-state index in [1.165, 1.54) is 10.8 Å². The second-order valence-corrected chi connectivity index (χ2v) is 8.05. The maximum atomic E-state index is 11.4. The van der Waals surface area contributed by atoms with Gasteiger partial charge in [-0.05, 0) is 53.9 Å². The molecule has 1 heterocycles. The first-order valence-electron chi connectivity index (χ1n) is 9.44. The van der Waals surface area contributed by atoms with Crippen molar-refractivity contribution >= 4 is 39.9 Å². The van der Waals surface area contributed by atoms with Crippen molar-refractivity contribution < 1.29 is 9.90 Å². The number of carbonyl (C=O) groups is 1. The molecular weight excluding hydrogens is 393 g/mol. The van der Waals surface area contributed by atoms with Crippen LogP contribution in [-0.4, -0.2) is 29.1 Å². The van der Waals surface area contributed by atoms with E-state index < -0.39 is 5.97 Å². The van der Waals surface area contributed by atoms with E-state index in [2.05, 4.69) is 35.2 Å². The van der Waals surface area contributed by atoms with Gasteiger partial charge in [-0.2, -0.15) is 0 Å². The number of nitrogens with zero attached hydrogens (tertiary/aromatic N) is 1. The first kappa shape index (κ1) is 19.3. The van der Waals surface area contributed by atoms with Crippen LogP contribution < -0.4 is 0 Å². The van der Waals surface area contributed by atoms with Crippen molar-refractivity contribution in [3.63, 3.8) is 0 Å². The highest BCUT2D eigenvalue weighted by molar-refractivity contribution is 6.42. The van der Waals surface area contributed by atoms with E-state index >= 15 is 0 Å². The molecule has 5 heteroatoms. The minimum atomic E-state index is -0.706. The van der Waals surface area contributed by atoms with Crippen LogP contribution >= 0.6 is 23.2 Å². The van der Waals surface area contributed by atoms with Crippen molar-refractivity contribution in [3.8, 4) is 0 Å². The molecule has 1 aliphatic rings. The van der Waals surface area contributed by atoms with E-state index in [1.807, 2.05) is 24.3 Å². The van der Waals surface area contributed by atoms with Crippen LogP contribution in [0.5, 0.6) is 0 Å². The molecule has 0 aromatic heterocycles. The van der Waals surface area contributed by atoms with Gasteiger partial charge in [0, 0.05) is 0 Å². The van der Waals surface area contributed by atoms with Gasteiger partial charge >= 0.3 is 5.97 Å². The smallest absolute Gasteiger partial charge is 0.306 e. The van der Waals surface area contributed by atoms with Gasteiger partial charge in [-0.15, -0.1) is 0 Å². The number of fused-ring (bicyclic) bond motifs is 1. The van der Waals surface area contributed by atoms with Crippen molar-refractivity contribution in [1.29, 1.82) is 0 Å². The molecule has 1 unspecified atom stereocenters. The van der Waals surface area contributed by atoms with E-state index in [1.54, 1.807) is 6.07 Å². The summed E-state index contributed by atoms with van der Waals surface area (Å²) in [5.41, 5.74) is 2.12. The summed E-state index contributed by atoms with van der Waals surface area (Å²) in [4.78, 5) is 13.7. The van der Waals surface area contributed by atoms with Gasteiger partial charge in [0.15, 0.2) is 0 Å². The van der Waals surface area contributed by atoms with Gasteiger partial charge in [0.25, 0.3) is 0 Å². The van der Waals surface area contributed by atoms with Crippen LogP contribution in [0.15, 0.2) is 60.7 Å². The fourth-order valence-electron chi connectivity index (χ4n) is 4.19. The standard InChI is InChI=1S/C23H21Cl2NO2/c24-20-10-4-9-19(21(20)25)22(26-13-11-16(12-14-26)23(27)28)18-8-3-6-15-5-1-2-7-17(15)18/h1-10,16,22H,11-14H2,(H,27,28). The van der Waals surface area contributed by atoms with Crippen LogP contribution in [0.3, 0.4) is 0 Å². The molecule has 0 bridgehead atoms. The quantitative estimate of drug-likeness (QED) is 0.567. The molecule has 1 N–H and O–H groups in total. The molecule has 0 radical (unpaired) electrons. The molecule has 0 saturated carbocycles. The maximum Gasteiger partial charge on any atom is 0.306 e. The number of piperidine rings is 1. The zero-order valence-electron chi connectivity index (χ0n) is 15.3. The summed E-state index contributed by atoms with van der Waals surface area (Å²) in [5.74, 6) is -0.985. The molecule has 1 saturated heterocycles. The molecule has 1 aliphatic heterocycles. The largest absolute Gasteiger partial charge is 0.481 e. The third-order valence-electron chi connectivity index (χ3n) is 5.64. The summed E-state index contributed by atoms with van der Waals surface area (Å²) in [6.45, 7) is 1.40. The number of hydrogen-bond donors (Lipinski definition) is 1. The fraction of sp³-hybridized carbons (Fsp3) is 0.261. The highest BCUT2D eigenvalue weighted by atomic mass is 35.5. The molecule has 144 valence electrons. The summed E-state index contributed by atoms with van der Waals surface area (Å²) in [6.07, 6.45) is 1.27. The number of likely N-dealkylation sites (tertiary alicyclic amines) is 1. The van der Waals surface area contributed by atoms with Gasteiger partial charge in [-0.3, -0.25) is 9.69 Å². The van der Waals surface area contributed by atoms with E-state index in [0.29, 0.717) is 36.0 Å². The second-order valence-electron chi connectivity index (χ2n) is 7.26. The molecule has 28 heavy (non-hydrogen) atoms. The molecule has 0 spiro atoms. The Balaban J connectivity index is 1.83. The second kappa shape index (κ2) is 8.12. The van der Waals surface area contributed by atoms with Crippen LogP contribution in [0.2, 0.25) is 10.0 Å². The van der Waals surface area contributed by atoms with Crippen LogP contribution in [-0.2, 0) is 4.79 Å². The van der Waals surface area contributed by atoms with Gasteiger partial charge in [0.2, 0.25) is 0 Å². The first-order valence-corrected chi connectivity index (χ1v) is 10.2. The molecule has 1 fully saturated rings. The number of halogens is 2. The highest BCUT2D eigenvalue weighted by Gasteiger charge is 2.32. The number of hydrogen-bond acceptors (Lipinski definition) is 2. The number of carboxylic acids is 1. The average Bonchev–Trinajstić information content (AvgIpc) is 2.72. The number of benzene rings is 3. The van der Waals surface area contributed by atoms with Crippen LogP contribution in [0.1, 0.15) is 30.0 Å². The number of rotatable bonds is 4. The predicted octanol–water partition coefficient (Wildman–Crippen LogP) is 6.03.